The lowest BCUT2D eigenvalue weighted by Crippen LogP contribution is -2.29. The molecule has 0 amide bonds. The van der Waals surface area contributed by atoms with Gasteiger partial charge in [-0.3, -0.25) is 0 Å². The molecular formula is C32H32ClN5O4. The molecule has 2 fully saturated rings. The highest BCUT2D eigenvalue weighted by atomic mass is 35.5. The molecule has 216 valence electrons. The first-order valence-corrected chi connectivity index (χ1v) is 14.5. The fraction of sp³-hybridized carbons (Fsp3) is 0.344. The van der Waals surface area contributed by atoms with Crippen molar-refractivity contribution in [3.63, 3.8) is 0 Å². The van der Waals surface area contributed by atoms with Crippen molar-refractivity contribution in [1.82, 2.24) is 19.5 Å². The number of nitrogens with one attached hydrogen (secondary N) is 1. The number of pyridine rings is 1. The number of halogens is 1. The quantitative estimate of drug-likeness (QED) is 0.209. The van der Waals surface area contributed by atoms with Gasteiger partial charge in [-0.15, -0.1) is 0 Å². The number of methoxy groups -OCH3 is 1. The second-order valence-electron chi connectivity index (χ2n) is 11.3. The Labute approximate surface area is 248 Å². The molecule has 1 aliphatic carbocycles. The van der Waals surface area contributed by atoms with Crippen LogP contribution in [-0.4, -0.2) is 51.2 Å². The summed E-state index contributed by atoms with van der Waals surface area (Å²) >= 11 is 6.33. The molecule has 4 atom stereocenters. The molecule has 3 aromatic heterocycles. The standard InChI is InChI=1S/C32H32ClN5O4/c1-32(2)41-28-21(14-26(29(28)42-32)38-13-12-24-30(33)35-18-36-31(24)38)17-40-23-10-6-20-7-11-27(37-25(20)15-23)34-16-19-4-8-22(39-3)9-5-19/h4-13,15,18,21,26,28-29H,14,16-17H2,1-3H3,(H,34,37)/t21-,26-,28-,29+/m1/s1. The van der Waals surface area contributed by atoms with Gasteiger partial charge in [0.2, 0.25) is 0 Å². The summed E-state index contributed by atoms with van der Waals surface area (Å²) in [6.07, 6.45) is 4.10. The van der Waals surface area contributed by atoms with Crippen LogP contribution in [0.3, 0.4) is 0 Å². The molecule has 9 nitrogen and oxygen atoms in total. The first-order valence-electron chi connectivity index (χ1n) is 14.1. The van der Waals surface area contributed by atoms with E-state index in [0.29, 0.717) is 18.3 Å². The number of hydrogen-bond donors (Lipinski definition) is 1. The van der Waals surface area contributed by atoms with Crippen molar-refractivity contribution in [2.45, 2.75) is 50.8 Å². The molecule has 1 N–H and O–H groups in total. The molecule has 42 heavy (non-hydrogen) atoms. The van der Waals surface area contributed by atoms with Crippen molar-refractivity contribution < 1.29 is 18.9 Å². The van der Waals surface area contributed by atoms with Crippen LogP contribution in [-0.2, 0) is 16.0 Å². The average Bonchev–Trinajstić information content (AvgIpc) is 3.66. The summed E-state index contributed by atoms with van der Waals surface area (Å²) in [4.78, 5) is 13.5. The topological polar surface area (TPSA) is 92.6 Å². The van der Waals surface area contributed by atoms with Crippen molar-refractivity contribution in [2.24, 2.45) is 5.92 Å². The third-order valence-electron chi connectivity index (χ3n) is 8.13. The highest BCUT2D eigenvalue weighted by molar-refractivity contribution is 6.33. The molecule has 7 rings (SSSR count). The maximum Gasteiger partial charge on any atom is 0.163 e. The zero-order chi connectivity index (χ0) is 28.8. The molecule has 0 spiro atoms. The van der Waals surface area contributed by atoms with Crippen LogP contribution in [0.4, 0.5) is 5.82 Å². The summed E-state index contributed by atoms with van der Waals surface area (Å²) in [5.41, 5.74) is 2.81. The van der Waals surface area contributed by atoms with Crippen LogP contribution in [0.2, 0.25) is 5.15 Å². The normalized spacial score (nSPS) is 22.9. The van der Waals surface area contributed by atoms with Crippen LogP contribution in [0.15, 0.2) is 73.2 Å². The lowest BCUT2D eigenvalue weighted by atomic mass is 10.1. The van der Waals surface area contributed by atoms with E-state index in [9.17, 15) is 0 Å². The van der Waals surface area contributed by atoms with Gasteiger partial charge < -0.3 is 28.8 Å². The number of rotatable bonds is 8. The monoisotopic (exact) mass is 585 g/mol. The van der Waals surface area contributed by atoms with Crippen LogP contribution in [0, 0.1) is 5.92 Å². The fourth-order valence-electron chi connectivity index (χ4n) is 6.12. The second kappa shape index (κ2) is 10.7. The molecule has 1 aliphatic heterocycles. The Morgan fingerprint density at radius 3 is 2.62 bits per heavy atom. The Bertz CT molecular complexity index is 1740. The predicted molar refractivity (Wildman–Crippen MR) is 161 cm³/mol. The molecule has 2 aromatic carbocycles. The molecule has 0 radical (unpaired) electrons. The van der Waals surface area contributed by atoms with Gasteiger partial charge in [0.25, 0.3) is 0 Å². The Hall–Kier alpha value is -3.92. The minimum absolute atomic E-state index is 0.0337. The summed E-state index contributed by atoms with van der Waals surface area (Å²) < 4.78 is 26.6. The zero-order valence-corrected chi connectivity index (χ0v) is 24.4. The summed E-state index contributed by atoms with van der Waals surface area (Å²) in [7, 11) is 1.67. The summed E-state index contributed by atoms with van der Waals surface area (Å²) in [6.45, 7) is 5.08. The molecule has 10 heteroatoms. The third kappa shape index (κ3) is 5.12. The first kappa shape index (κ1) is 26.9. The molecule has 0 unspecified atom stereocenters. The molecule has 2 aliphatic rings. The van der Waals surface area contributed by atoms with Crippen molar-refractivity contribution in [2.75, 3.05) is 19.0 Å². The average molecular weight is 586 g/mol. The Morgan fingerprint density at radius 2 is 1.79 bits per heavy atom. The van der Waals surface area contributed by atoms with Gasteiger partial charge >= 0.3 is 0 Å². The van der Waals surface area contributed by atoms with E-state index in [4.69, 9.17) is 35.5 Å². The number of ether oxygens (including phenoxy) is 4. The fourth-order valence-corrected chi connectivity index (χ4v) is 6.32. The van der Waals surface area contributed by atoms with Gasteiger partial charge in [-0.25, -0.2) is 15.0 Å². The highest BCUT2D eigenvalue weighted by Crippen LogP contribution is 2.48. The van der Waals surface area contributed by atoms with Crippen molar-refractivity contribution >= 4 is 39.4 Å². The van der Waals surface area contributed by atoms with Crippen LogP contribution in [0.25, 0.3) is 21.9 Å². The minimum atomic E-state index is -0.677. The van der Waals surface area contributed by atoms with Crippen LogP contribution < -0.4 is 14.8 Å². The maximum atomic E-state index is 6.41. The van der Waals surface area contributed by atoms with Gasteiger partial charge in [-0.2, -0.15) is 0 Å². The first-order chi connectivity index (χ1) is 20.4. The van der Waals surface area contributed by atoms with E-state index in [1.165, 1.54) is 6.33 Å². The van der Waals surface area contributed by atoms with Gasteiger partial charge in [-0.1, -0.05) is 23.7 Å². The number of fused-ring (bicyclic) bond motifs is 3. The van der Waals surface area contributed by atoms with E-state index >= 15 is 0 Å². The molecule has 5 aromatic rings. The van der Waals surface area contributed by atoms with Crippen LogP contribution in [0.5, 0.6) is 11.5 Å². The number of benzene rings is 2. The Kier molecular flexibility index (Phi) is 6.88. The van der Waals surface area contributed by atoms with E-state index in [1.807, 2.05) is 74.6 Å². The second-order valence-corrected chi connectivity index (χ2v) is 11.7. The molecule has 1 saturated carbocycles. The van der Waals surface area contributed by atoms with E-state index in [-0.39, 0.29) is 24.2 Å². The van der Waals surface area contributed by atoms with Gasteiger partial charge in [0, 0.05) is 30.1 Å². The molecule has 0 bridgehead atoms. The van der Waals surface area contributed by atoms with Gasteiger partial charge in [0.05, 0.1) is 36.8 Å². The smallest absolute Gasteiger partial charge is 0.163 e. The summed E-state index contributed by atoms with van der Waals surface area (Å²) in [5.74, 6) is 1.86. The lowest BCUT2D eigenvalue weighted by Gasteiger charge is -2.24. The van der Waals surface area contributed by atoms with Gasteiger partial charge in [0.1, 0.15) is 40.5 Å². The molecular weight excluding hydrogens is 554 g/mol. The van der Waals surface area contributed by atoms with Gasteiger partial charge in [0.15, 0.2) is 5.79 Å². The van der Waals surface area contributed by atoms with Gasteiger partial charge in [-0.05, 0) is 68.3 Å². The largest absolute Gasteiger partial charge is 0.497 e. The minimum Gasteiger partial charge on any atom is -0.497 e. The van der Waals surface area contributed by atoms with E-state index in [2.05, 4.69) is 25.9 Å². The van der Waals surface area contributed by atoms with Crippen molar-refractivity contribution in [3.05, 3.63) is 83.9 Å². The number of aromatic nitrogens is 4. The SMILES string of the molecule is COc1ccc(CNc2ccc3ccc(OC[C@H]4C[C@@H](n5ccc6c(Cl)ncnc65)[C@@H]5OC(C)(C)O[C@H]45)cc3n2)cc1. The summed E-state index contributed by atoms with van der Waals surface area (Å²) in [6, 6.07) is 20.1. The number of nitrogens with zero attached hydrogens (tertiary/aromatic N) is 4. The molecule has 1 saturated heterocycles. The molecule has 4 heterocycles. The van der Waals surface area contributed by atoms with Crippen molar-refractivity contribution in [1.29, 1.82) is 0 Å². The van der Waals surface area contributed by atoms with E-state index < -0.39 is 5.79 Å². The Balaban J connectivity index is 1.06. The van der Waals surface area contributed by atoms with Crippen LogP contribution in [0.1, 0.15) is 31.9 Å². The Morgan fingerprint density at radius 1 is 1.00 bits per heavy atom. The summed E-state index contributed by atoms with van der Waals surface area (Å²) in [5, 5.41) is 5.73. The maximum absolute atomic E-state index is 6.41. The van der Waals surface area contributed by atoms with E-state index in [1.54, 1.807) is 7.11 Å². The predicted octanol–water partition coefficient (Wildman–Crippen LogP) is 6.41. The lowest BCUT2D eigenvalue weighted by molar-refractivity contribution is -0.161. The van der Waals surface area contributed by atoms with Crippen LogP contribution >= 0.6 is 11.6 Å². The highest BCUT2D eigenvalue weighted by Gasteiger charge is 2.55. The number of anilines is 1. The van der Waals surface area contributed by atoms with E-state index in [0.717, 1.165) is 51.2 Å². The zero-order valence-electron chi connectivity index (χ0n) is 23.7. The number of hydrogen-bond acceptors (Lipinski definition) is 8. The van der Waals surface area contributed by atoms with Crippen molar-refractivity contribution in [3.8, 4) is 11.5 Å². The third-order valence-corrected chi connectivity index (χ3v) is 8.43.